The van der Waals surface area contributed by atoms with E-state index in [2.05, 4.69) is 266 Å². The third-order valence-electron chi connectivity index (χ3n) is 13.9. The van der Waals surface area contributed by atoms with E-state index in [1.54, 1.807) is 0 Å². The molecule has 0 fully saturated rings. The predicted octanol–water partition coefficient (Wildman–Crippen LogP) is 18.0. The second-order valence-electron chi connectivity index (χ2n) is 17.6. The second-order valence-corrected chi connectivity index (χ2v) is 18.7. The van der Waals surface area contributed by atoms with Gasteiger partial charge in [-0.25, -0.2) is 0 Å². The highest BCUT2D eigenvalue weighted by atomic mass is 32.1. The molecule has 2 heteroatoms. The van der Waals surface area contributed by atoms with Gasteiger partial charge in [-0.1, -0.05) is 206 Å². The zero-order chi connectivity index (χ0) is 44.3. The van der Waals surface area contributed by atoms with Crippen molar-refractivity contribution in [2.24, 2.45) is 0 Å². The first kappa shape index (κ1) is 39.1. The van der Waals surface area contributed by atoms with Gasteiger partial charge in [-0.3, -0.25) is 0 Å². The molecule has 0 unspecified atom stereocenters. The molecule has 1 heterocycles. The molecule has 0 N–H and O–H groups in total. The van der Waals surface area contributed by atoms with Crippen LogP contribution >= 0.6 is 11.3 Å². The van der Waals surface area contributed by atoms with Crippen molar-refractivity contribution < 1.29 is 0 Å². The number of anilines is 3. The van der Waals surface area contributed by atoms with E-state index in [9.17, 15) is 0 Å². The summed E-state index contributed by atoms with van der Waals surface area (Å²) in [4.78, 5) is 2.45. The van der Waals surface area contributed by atoms with Gasteiger partial charge in [0.15, 0.2) is 0 Å². The highest BCUT2D eigenvalue weighted by molar-refractivity contribution is 7.25. The average Bonchev–Trinajstić information content (AvgIpc) is 3.92. The molecule has 1 aromatic heterocycles. The fraction of sp³-hybridized carbons (Fsp3) is 0.0154. The first-order valence-electron chi connectivity index (χ1n) is 23.1. The molecule has 314 valence electrons. The minimum atomic E-state index is -0.501. The van der Waals surface area contributed by atoms with Crippen LogP contribution in [0.1, 0.15) is 22.3 Å². The maximum absolute atomic E-state index is 2.46. The quantitative estimate of drug-likeness (QED) is 0.147. The van der Waals surface area contributed by atoms with Crippen molar-refractivity contribution in [2.45, 2.75) is 5.41 Å². The van der Waals surface area contributed by atoms with Crippen LogP contribution in [0.2, 0.25) is 0 Å². The summed E-state index contributed by atoms with van der Waals surface area (Å²) >= 11 is 1.86. The largest absolute Gasteiger partial charge is 0.310 e. The number of rotatable bonds is 8. The summed E-state index contributed by atoms with van der Waals surface area (Å²) in [7, 11) is 0. The number of hydrogen-bond acceptors (Lipinski definition) is 2. The molecule has 13 rings (SSSR count). The highest BCUT2D eigenvalue weighted by Crippen LogP contribution is 2.57. The zero-order valence-corrected chi connectivity index (χ0v) is 37.5. The lowest BCUT2D eigenvalue weighted by molar-refractivity contribution is 0.768. The molecule has 0 radical (unpaired) electrons. The van der Waals surface area contributed by atoms with Gasteiger partial charge in [-0.15, -0.1) is 11.3 Å². The molecule has 12 aromatic rings. The molecule has 67 heavy (non-hydrogen) atoms. The number of thiophene rings is 1. The van der Waals surface area contributed by atoms with Gasteiger partial charge < -0.3 is 4.90 Å². The van der Waals surface area contributed by atoms with Crippen LogP contribution in [0.5, 0.6) is 0 Å². The Kier molecular flexibility index (Phi) is 9.33. The van der Waals surface area contributed by atoms with E-state index in [-0.39, 0.29) is 0 Å². The summed E-state index contributed by atoms with van der Waals surface area (Å²) in [5, 5.41) is 5.11. The molecule has 0 spiro atoms. The molecule has 0 aliphatic heterocycles. The number of hydrogen-bond donors (Lipinski definition) is 0. The van der Waals surface area contributed by atoms with Crippen molar-refractivity contribution >= 4 is 59.3 Å². The number of nitrogens with zero attached hydrogens (tertiary/aromatic N) is 1. The van der Waals surface area contributed by atoms with Crippen molar-refractivity contribution in [1.82, 2.24) is 0 Å². The van der Waals surface area contributed by atoms with Crippen LogP contribution in [-0.4, -0.2) is 0 Å². The fourth-order valence-corrected chi connectivity index (χ4v) is 11.9. The van der Waals surface area contributed by atoms with E-state index >= 15 is 0 Å². The molecule has 0 saturated carbocycles. The Hall–Kier alpha value is -8.30. The van der Waals surface area contributed by atoms with Gasteiger partial charge in [0.2, 0.25) is 0 Å². The lowest BCUT2D eigenvalue weighted by Crippen LogP contribution is -2.28. The van der Waals surface area contributed by atoms with E-state index in [0.717, 1.165) is 17.1 Å². The van der Waals surface area contributed by atoms with E-state index in [4.69, 9.17) is 0 Å². The van der Waals surface area contributed by atoms with Gasteiger partial charge in [0.05, 0.1) is 5.41 Å². The summed E-state index contributed by atoms with van der Waals surface area (Å²) in [6.45, 7) is 0. The van der Waals surface area contributed by atoms with Gasteiger partial charge >= 0.3 is 0 Å². The van der Waals surface area contributed by atoms with Gasteiger partial charge in [0.1, 0.15) is 0 Å². The van der Waals surface area contributed by atoms with Crippen LogP contribution in [0.15, 0.2) is 261 Å². The van der Waals surface area contributed by atoms with Gasteiger partial charge in [-0.2, -0.15) is 0 Å². The minimum Gasteiger partial charge on any atom is -0.310 e. The maximum atomic E-state index is 2.46. The summed E-state index contributed by atoms with van der Waals surface area (Å²) in [6.07, 6.45) is 0. The normalized spacial score (nSPS) is 12.6. The van der Waals surface area contributed by atoms with E-state index in [0.29, 0.717) is 0 Å². The molecule has 0 atom stereocenters. The molecule has 1 aliphatic rings. The Morgan fingerprint density at radius 1 is 0.284 bits per heavy atom. The van der Waals surface area contributed by atoms with E-state index in [1.165, 1.54) is 97.7 Å². The van der Waals surface area contributed by atoms with Crippen LogP contribution in [0, 0.1) is 0 Å². The van der Waals surface area contributed by atoms with Crippen molar-refractivity contribution in [3.63, 3.8) is 0 Å². The predicted molar refractivity (Wildman–Crippen MR) is 285 cm³/mol. The number of fused-ring (bicyclic) bond motifs is 7. The van der Waals surface area contributed by atoms with Crippen LogP contribution in [-0.2, 0) is 5.41 Å². The molecular formula is C65H43NS. The van der Waals surface area contributed by atoms with Gasteiger partial charge in [-0.05, 0) is 132 Å². The van der Waals surface area contributed by atoms with Gasteiger partial charge in [0.25, 0.3) is 0 Å². The van der Waals surface area contributed by atoms with E-state index in [1.807, 2.05) is 11.3 Å². The SMILES string of the molecule is c1ccc(C2(c3ccccc3)c3ccccc3-c3ccc(N(c4ccc(-c5ccc(-c6cccc(-c7ccc8ccccc8c7)c6)cc5)cc4)c4ccc5c(c4)sc4ccccc45)cc32)cc1. The lowest BCUT2D eigenvalue weighted by atomic mass is 9.67. The van der Waals surface area contributed by atoms with Crippen LogP contribution in [0.4, 0.5) is 17.1 Å². The standard InChI is InChI=1S/C65H43NS/c1-3-18-52(19-4-1)65(53-20-5-2-6-21-53)61-24-11-9-22-57(61)58-38-36-55(42-62(58)65)66(56-37-39-60-59-23-10-12-25-63(59)67-64(60)43-56)54-34-32-46(33-35-54)45-26-28-47(29-27-45)49-16-13-17-50(40-49)51-31-30-44-14-7-8-15-48(44)41-51/h1-43H. The van der Waals surface area contributed by atoms with Crippen molar-refractivity contribution in [3.05, 3.63) is 283 Å². The summed E-state index contributed by atoms with van der Waals surface area (Å²) in [5.74, 6) is 0. The van der Waals surface area contributed by atoms with E-state index < -0.39 is 5.41 Å². The monoisotopic (exact) mass is 869 g/mol. The molecular weight excluding hydrogens is 827 g/mol. The number of benzene rings is 11. The first-order valence-corrected chi connectivity index (χ1v) is 23.9. The molecule has 1 aliphatic carbocycles. The molecule has 0 bridgehead atoms. The Balaban J connectivity index is 0.908. The summed E-state index contributed by atoms with van der Waals surface area (Å²) < 4.78 is 2.58. The second kappa shape index (κ2) is 16.0. The summed E-state index contributed by atoms with van der Waals surface area (Å²) in [6, 6.07) is 96.3. The molecule has 0 saturated heterocycles. The lowest BCUT2D eigenvalue weighted by Gasteiger charge is -2.35. The topological polar surface area (TPSA) is 3.24 Å². The maximum Gasteiger partial charge on any atom is 0.0714 e. The van der Waals surface area contributed by atoms with Crippen LogP contribution in [0.3, 0.4) is 0 Å². The Bertz CT molecular complexity index is 3750. The molecule has 11 aromatic carbocycles. The minimum absolute atomic E-state index is 0.501. The van der Waals surface area contributed by atoms with Gasteiger partial charge in [0, 0.05) is 37.2 Å². The van der Waals surface area contributed by atoms with Crippen molar-refractivity contribution in [2.75, 3.05) is 4.90 Å². The molecule has 0 amide bonds. The average molecular weight is 870 g/mol. The zero-order valence-electron chi connectivity index (χ0n) is 36.7. The Morgan fingerprint density at radius 3 is 1.57 bits per heavy atom. The highest BCUT2D eigenvalue weighted by Gasteiger charge is 2.46. The fourth-order valence-electron chi connectivity index (χ4n) is 10.8. The van der Waals surface area contributed by atoms with Crippen LogP contribution in [0.25, 0.3) is 75.5 Å². The Morgan fingerprint density at radius 2 is 0.806 bits per heavy atom. The first-order chi connectivity index (χ1) is 33.2. The van der Waals surface area contributed by atoms with Crippen molar-refractivity contribution in [1.29, 1.82) is 0 Å². The summed E-state index contributed by atoms with van der Waals surface area (Å²) in [5.41, 5.74) is 17.7. The smallest absolute Gasteiger partial charge is 0.0714 e. The third-order valence-corrected chi connectivity index (χ3v) is 15.1. The third kappa shape index (κ3) is 6.52. The van der Waals surface area contributed by atoms with Crippen molar-refractivity contribution in [3.8, 4) is 44.5 Å². The molecule has 1 nitrogen and oxygen atoms in total. The van der Waals surface area contributed by atoms with Crippen LogP contribution < -0.4 is 4.90 Å². The Labute approximate surface area is 395 Å².